The van der Waals surface area contributed by atoms with Gasteiger partial charge in [-0.2, -0.15) is 0 Å². The van der Waals surface area contributed by atoms with Crippen LogP contribution in [0.25, 0.3) is 0 Å². The molecule has 0 radical (unpaired) electrons. The molecule has 1 atom stereocenters. The molecule has 2 rings (SSSR count). The summed E-state index contributed by atoms with van der Waals surface area (Å²) >= 11 is 0. The topological polar surface area (TPSA) is 54.4 Å². The summed E-state index contributed by atoms with van der Waals surface area (Å²) in [7, 11) is -1.16. The van der Waals surface area contributed by atoms with Gasteiger partial charge in [0.25, 0.3) is 0 Å². The van der Waals surface area contributed by atoms with E-state index in [0.29, 0.717) is 10.6 Å². The smallest absolute Gasteiger partial charge is 0.335 e. The fraction of sp³-hybridized carbons (Fsp3) is 0.188. The zero-order valence-electron chi connectivity index (χ0n) is 11.4. The largest absolute Gasteiger partial charge is 0.478 e. The van der Waals surface area contributed by atoms with Crippen LogP contribution in [0.15, 0.2) is 47.4 Å². The van der Waals surface area contributed by atoms with Crippen LogP contribution in [-0.2, 0) is 16.6 Å². The second kappa shape index (κ2) is 6.01. The number of aromatic carboxylic acids is 1. The van der Waals surface area contributed by atoms with Gasteiger partial charge in [0, 0.05) is 4.90 Å². The summed E-state index contributed by atoms with van der Waals surface area (Å²) in [6, 6.07) is 12.2. The molecule has 0 bridgehead atoms. The van der Waals surface area contributed by atoms with Crippen molar-refractivity contribution in [1.29, 1.82) is 0 Å². The maximum Gasteiger partial charge on any atom is 0.335 e. The zero-order chi connectivity index (χ0) is 14.7. The number of rotatable bonds is 4. The fourth-order valence-corrected chi connectivity index (χ4v) is 2.97. The summed E-state index contributed by atoms with van der Waals surface area (Å²) in [4.78, 5) is 11.4. The molecule has 104 valence electrons. The van der Waals surface area contributed by atoms with E-state index in [4.69, 9.17) is 5.11 Å². The summed E-state index contributed by atoms with van der Waals surface area (Å²) in [5.74, 6) is -0.537. The Morgan fingerprint density at radius 1 is 1.05 bits per heavy atom. The summed E-state index contributed by atoms with van der Waals surface area (Å²) in [5.41, 5.74) is 3.62. The molecule has 3 nitrogen and oxygen atoms in total. The summed E-state index contributed by atoms with van der Waals surface area (Å²) in [5, 5.41) is 8.83. The van der Waals surface area contributed by atoms with E-state index in [9.17, 15) is 9.00 Å². The van der Waals surface area contributed by atoms with Gasteiger partial charge in [-0.1, -0.05) is 18.2 Å². The van der Waals surface area contributed by atoms with Crippen molar-refractivity contribution in [2.24, 2.45) is 0 Å². The van der Waals surface area contributed by atoms with Crippen LogP contribution in [0.2, 0.25) is 0 Å². The zero-order valence-corrected chi connectivity index (χ0v) is 12.2. The highest BCUT2D eigenvalue weighted by Gasteiger charge is 2.08. The lowest BCUT2D eigenvalue weighted by molar-refractivity contribution is 0.0697. The van der Waals surface area contributed by atoms with Gasteiger partial charge in [0.2, 0.25) is 0 Å². The van der Waals surface area contributed by atoms with Crippen LogP contribution < -0.4 is 0 Å². The maximum atomic E-state index is 12.3. The predicted octanol–water partition coefficient (Wildman–Crippen LogP) is 3.31. The Kier molecular flexibility index (Phi) is 4.35. The molecule has 0 aromatic heterocycles. The predicted molar refractivity (Wildman–Crippen MR) is 79.4 cm³/mol. The van der Waals surface area contributed by atoms with Crippen molar-refractivity contribution in [3.05, 3.63) is 64.7 Å². The van der Waals surface area contributed by atoms with Gasteiger partial charge in [0.1, 0.15) is 0 Å². The van der Waals surface area contributed by atoms with Gasteiger partial charge in [0.05, 0.1) is 22.1 Å². The SMILES string of the molecule is Cc1ccc(CS(=O)c2ccc(C(=O)O)cc2)cc1C. The third kappa shape index (κ3) is 3.33. The second-order valence-corrected chi connectivity index (χ2v) is 6.19. The summed E-state index contributed by atoms with van der Waals surface area (Å²) < 4.78 is 12.3. The second-order valence-electron chi connectivity index (χ2n) is 4.74. The van der Waals surface area contributed by atoms with Crippen molar-refractivity contribution in [3.63, 3.8) is 0 Å². The minimum Gasteiger partial charge on any atom is -0.478 e. The van der Waals surface area contributed by atoms with Crippen molar-refractivity contribution in [3.8, 4) is 0 Å². The summed E-state index contributed by atoms with van der Waals surface area (Å²) in [6.45, 7) is 4.07. The number of hydrogen-bond acceptors (Lipinski definition) is 2. The van der Waals surface area contributed by atoms with E-state index >= 15 is 0 Å². The number of aryl methyl sites for hydroxylation is 2. The van der Waals surface area contributed by atoms with E-state index in [1.807, 2.05) is 32.0 Å². The number of carbonyl (C=O) groups is 1. The van der Waals surface area contributed by atoms with Crippen LogP contribution in [0.4, 0.5) is 0 Å². The first kappa shape index (κ1) is 14.5. The maximum absolute atomic E-state index is 12.3. The molecule has 0 spiro atoms. The number of benzene rings is 2. The van der Waals surface area contributed by atoms with E-state index in [0.717, 1.165) is 5.56 Å². The van der Waals surface area contributed by atoms with Gasteiger partial charge in [-0.05, 0) is 54.8 Å². The minimum absolute atomic E-state index is 0.205. The monoisotopic (exact) mass is 288 g/mol. The molecule has 0 amide bonds. The molecule has 0 saturated carbocycles. The molecule has 2 aromatic carbocycles. The van der Waals surface area contributed by atoms with Gasteiger partial charge in [-0.25, -0.2) is 4.79 Å². The third-order valence-corrected chi connectivity index (χ3v) is 4.63. The first-order chi connectivity index (χ1) is 9.47. The molecular weight excluding hydrogens is 272 g/mol. The molecule has 0 aliphatic carbocycles. The Bertz CT molecular complexity index is 660. The highest BCUT2D eigenvalue weighted by Crippen LogP contribution is 2.16. The van der Waals surface area contributed by atoms with Crippen molar-refractivity contribution < 1.29 is 14.1 Å². The molecule has 0 heterocycles. The van der Waals surface area contributed by atoms with E-state index in [-0.39, 0.29) is 5.56 Å². The van der Waals surface area contributed by atoms with Gasteiger partial charge < -0.3 is 5.11 Å². The lowest BCUT2D eigenvalue weighted by Crippen LogP contribution is -2.00. The lowest BCUT2D eigenvalue weighted by atomic mass is 10.1. The molecule has 1 N–H and O–H groups in total. The van der Waals surface area contributed by atoms with Crippen LogP contribution in [0, 0.1) is 13.8 Å². The standard InChI is InChI=1S/C16H16O3S/c1-11-3-4-13(9-12(11)2)10-20(19)15-7-5-14(6-8-15)16(17)18/h3-9H,10H2,1-2H3,(H,17,18). The molecule has 0 aliphatic rings. The van der Waals surface area contributed by atoms with E-state index in [2.05, 4.69) is 0 Å². The Hall–Kier alpha value is -1.94. The Labute approximate surface area is 120 Å². The lowest BCUT2D eigenvalue weighted by Gasteiger charge is -2.06. The first-order valence-electron chi connectivity index (χ1n) is 6.25. The average molecular weight is 288 g/mol. The summed E-state index contributed by atoms with van der Waals surface area (Å²) in [6.07, 6.45) is 0. The molecule has 0 saturated heterocycles. The number of hydrogen-bond donors (Lipinski definition) is 1. The van der Waals surface area contributed by atoms with Crippen molar-refractivity contribution >= 4 is 16.8 Å². The van der Waals surface area contributed by atoms with Crippen LogP contribution in [-0.4, -0.2) is 15.3 Å². The number of carboxylic acids is 1. The van der Waals surface area contributed by atoms with Crippen LogP contribution >= 0.6 is 0 Å². The van der Waals surface area contributed by atoms with Crippen LogP contribution in [0.1, 0.15) is 27.0 Å². The molecule has 1 unspecified atom stereocenters. The first-order valence-corrected chi connectivity index (χ1v) is 7.57. The Balaban J connectivity index is 2.15. The quantitative estimate of drug-likeness (QED) is 0.939. The van der Waals surface area contributed by atoms with Gasteiger partial charge in [-0.15, -0.1) is 0 Å². The fourth-order valence-electron chi connectivity index (χ4n) is 1.88. The van der Waals surface area contributed by atoms with Gasteiger partial charge in [0.15, 0.2) is 0 Å². The van der Waals surface area contributed by atoms with E-state index in [1.165, 1.54) is 23.3 Å². The Morgan fingerprint density at radius 3 is 2.25 bits per heavy atom. The van der Waals surface area contributed by atoms with Crippen LogP contribution in [0.3, 0.4) is 0 Å². The van der Waals surface area contributed by atoms with Gasteiger partial charge in [-0.3, -0.25) is 4.21 Å². The van der Waals surface area contributed by atoms with Crippen LogP contribution in [0.5, 0.6) is 0 Å². The number of carboxylic acid groups (broad SMARTS) is 1. The van der Waals surface area contributed by atoms with E-state index < -0.39 is 16.8 Å². The highest BCUT2D eigenvalue weighted by molar-refractivity contribution is 7.84. The molecule has 4 heteroatoms. The van der Waals surface area contributed by atoms with Crippen molar-refractivity contribution in [2.45, 2.75) is 24.5 Å². The highest BCUT2D eigenvalue weighted by atomic mass is 32.2. The third-order valence-electron chi connectivity index (χ3n) is 3.23. The molecule has 2 aromatic rings. The Morgan fingerprint density at radius 2 is 1.70 bits per heavy atom. The molecule has 20 heavy (non-hydrogen) atoms. The molecular formula is C16H16O3S. The van der Waals surface area contributed by atoms with Crippen molar-refractivity contribution in [1.82, 2.24) is 0 Å². The molecule has 0 fully saturated rings. The van der Waals surface area contributed by atoms with Crippen molar-refractivity contribution in [2.75, 3.05) is 0 Å². The normalized spacial score (nSPS) is 12.1. The van der Waals surface area contributed by atoms with E-state index in [1.54, 1.807) is 12.1 Å². The minimum atomic E-state index is -1.16. The molecule has 0 aliphatic heterocycles. The average Bonchev–Trinajstić information content (AvgIpc) is 2.43. The van der Waals surface area contributed by atoms with Gasteiger partial charge >= 0.3 is 5.97 Å².